The summed E-state index contributed by atoms with van der Waals surface area (Å²) in [7, 11) is 0. The van der Waals surface area contributed by atoms with Crippen LogP contribution in [0.25, 0.3) is 16.8 Å². The predicted molar refractivity (Wildman–Crippen MR) is 129 cm³/mol. The summed E-state index contributed by atoms with van der Waals surface area (Å²) in [6, 6.07) is 26.4. The lowest BCUT2D eigenvalue weighted by Gasteiger charge is -2.08. The van der Waals surface area contributed by atoms with Gasteiger partial charge in [0.05, 0.1) is 16.9 Å². The van der Waals surface area contributed by atoms with Crippen LogP contribution < -0.4 is 10.1 Å². The second kappa shape index (κ2) is 9.14. The first-order valence-corrected chi connectivity index (χ1v) is 10.7. The van der Waals surface area contributed by atoms with E-state index < -0.39 is 0 Å². The number of aromatic nitrogens is 3. The number of carbonyl (C=O) groups is 1. The van der Waals surface area contributed by atoms with Gasteiger partial charge in [-0.3, -0.25) is 4.79 Å². The van der Waals surface area contributed by atoms with Crippen molar-refractivity contribution in [1.82, 2.24) is 14.6 Å². The van der Waals surface area contributed by atoms with Gasteiger partial charge in [0.1, 0.15) is 18.1 Å². The molecular formula is C26H19ClN4O2. The van der Waals surface area contributed by atoms with Gasteiger partial charge in [-0.15, -0.1) is 0 Å². The highest BCUT2D eigenvalue weighted by atomic mass is 35.5. The van der Waals surface area contributed by atoms with Crippen LogP contribution >= 0.6 is 11.6 Å². The van der Waals surface area contributed by atoms with Crippen molar-refractivity contribution in [3.8, 4) is 16.9 Å². The molecule has 1 amide bonds. The average Bonchev–Trinajstić information content (AvgIpc) is 3.28. The van der Waals surface area contributed by atoms with Crippen molar-refractivity contribution >= 4 is 28.8 Å². The van der Waals surface area contributed by atoms with Crippen molar-refractivity contribution in [2.24, 2.45) is 0 Å². The molecule has 0 aliphatic rings. The van der Waals surface area contributed by atoms with Crippen LogP contribution in [-0.2, 0) is 6.61 Å². The maximum atomic E-state index is 12.7. The molecule has 0 spiro atoms. The fraction of sp³-hybridized carbons (Fsp3) is 0.0385. The first-order valence-electron chi connectivity index (χ1n) is 10.3. The molecule has 162 valence electrons. The molecule has 3 aromatic carbocycles. The number of carbonyl (C=O) groups excluding carboxylic acids is 1. The number of halogens is 1. The maximum absolute atomic E-state index is 12.7. The lowest BCUT2D eigenvalue weighted by Crippen LogP contribution is -2.14. The Morgan fingerprint density at radius 3 is 2.48 bits per heavy atom. The molecule has 33 heavy (non-hydrogen) atoms. The molecule has 7 heteroatoms. The first kappa shape index (κ1) is 20.7. The summed E-state index contributed by atoms with van der Waals surface area (Å²) >= 11 is 6.15. The molecule has 2 heterocycles. The summed E-state index contributed by atoms with van der Waals surface area (Å²) in [4.78, 5) is 17.3. The first-order chi connectivity index (χ1) is 16.2. The van der Waals surface area contributed by atoms with Gasteiger partial charge in [-0.25, -0.2) is 9.50 Å². The second-order valence-electron chi connectivity index (χ2n) is 7.37. The zero-order valence-corrected chi connectivity index (χ0v) is 18.2. The van der Waals surface area contributed by atoms with Crippen LogP contribution in [0.15, 0.2) is 97.3 Å². The third kappa shape index (κ3) is 4.56. The van der Waals surface area contributed by atoms with Crippen molar-refractivity contribution in [3.63, 3.8) is 0 Å². The number of ether oxygens (including phenoxy) is 1. The van der Waals surface area contributed by atoms with E-state index in [-0.39, 0.29) is 11.6 Å². The molecule has 5 rings (SSSR count). The summed E-state index contributed by atoms with van der Waals surface area (Å²) in [5, 5.41) is 7.62. The quantitative estimate of drug-likeness (QED) is 0.348. The highest BCUT2D eigenvalue weighted by Gasteiger charge is 2.14. The van der Waals surface area contributed by atoms with E-state index in [4.69, 9.17) is 16.3 Å². The Bertz CT molecular complexity index is 1420. The molecule has 2 aromatic heterocycles. The zero-order valence-electron chi connectivity index (χ0n) is 17.5. The summed E-state index contributed by atoms with van der Waals surface area (Å²) in [6.07, 6.45) is 3.45. The minimum atomic E-state index is -0.345. The van der Waals surface area contributed by atoms with Crippen LogP contribution in [0.5, 0.6) is 5.75 Å². The van der Waals surface area contributed by atoms with E-state index in [1.165, 1.54) is 0 Å². The number of nitrogens with zero attached hydrogens (tertiary/aromatic N) is 3. The maximum Gasteiger partial charge on any atom is 0.274 e. The molecule has 0 unspecified atom stereocenters. The normalized spacial score (nSPS) is 10.8. The Morgan fingerprint density at radius 1 is 0.939 bits per heavy atom. The summed E-state index contributed by atoms with van der Waals surface area (Å²) in [5.41, 5.74) is 4.23. The van der Waals surface area contributed by atoms with Gasteiger partial charge in [0, 0.05) is 11.8 Å². The molecule has 1 N–H and O–H groups in total. The SMILES string of the molecule is O=C(Nc1ccccc1Cl)c1ccn2ncc(-c3ccc(OCc4ccccc4)cc3)c2n1. The van der Waals surface area contributed by atoms with Gasteiger partial charge in [-0.05, 0) is 41.5 Å². The molecule has 0 aliphatic heterocycles. The summed E-state index contributed by atoms with van der Waals surface area (Å²) in [5.74, 6) is 0.425. The number of benzene rings is 3. The standard InChI is InChI=1S/C26H19ClN4O2/c27-22-8-4-5-9-23(22)30-26(32)24-14-15-31-25(29-24)21(16-28-31)19-10-12-20(13-11-19)33-17-18-6-2-1-3-7-18/h1-16H,17H2,(H,30,32). The number of para-hydroxylation sites is 1. The van der Waals surface area contributed by atoms with Gasteiger partial charge in [-0.2, -0.15) is 5.10 Å². The molecule has 0 atom stereocenters. The lowest BCUT2D eigenvalue weighted by atomic mass is 10.1. The minimum absolute atomic E-state index is 0.270. The van der Waals surface area contributed by atoms with Crippen molar-refractivity contribution in [2.75, 3.05) is 5.32 Å². The monoisotopic (exact) mass is 454 g/mol. The number of rotatable bonds is 6. The second-order valence-corrected chi connectivity index (χ2v) is 7.78. The van der Waals surface area contributed by atoms with Crippen molar-refractivity contribution in [3.05, 3.63) is 114 Å². The van der Waals surface area contributed by atoms with Crippen LogP contribution in [0.1, 0.15) is 16.1 Å². The van der Waals surface area contributed by atoms with Crippen LogP contribution in [0.3, 0.4) is 0 Å². The largest absolute Gasteiger partial charge is 0.489 e. The highest BCUT2D eigenvalue weighted by molar-refractivity contribution is 6.33. The molecular weight excluding hydrogens is 436 g/mol. The van der Waals surface area contributed by atoms with Crippen molar-refractivity contribution in [2.45, 2.75) is 6.61 Å². The van der Waals surface area contributed by atoms with E-state index in [2.05, 4.69) is 15.4 Å². The number of nitrogens with one attached hydrogen (secondary N) is 1. The van der Waals surface area contributed by atoms with Gasteiger partial charge in [-0.1, -0.05) is 66.2 Å². The van der Waals surface area contributed by atoms with E-state index in [9.17, 15) is 4.79 Å². The highest BCUT2D eigenvalue weighted by Crippen LogP contribution is 2.26. The topological polar surface area (TPSA) is 68.5 Å². The van der Waals surface area contributed by atoms with Crippen LogP contribution in [0.2, 0.25) is 5.02 Å². The summed E-state index contributed by atoms with van der Waals surface area (Å²) < 4.78 is 7.51. The minimum Gasteiger partial charge on any atom is -0.489 e. The molecule has 0 aliphatic carbocycles. The number of amides is 1. The van der Waals surface area contributed by atoms with Crippen LogP contribution in [0, 0.1) is 0 Å². The number of fused-ring (bicyclic) bond motifs is 1. The van der Waals surface area contributed by atoms with Crippen molar-refractivity contribution < 1.29 is 9.53 Å². The van der Waals surface area contributed by atoms with Crippen LogP contribution in [-0.4, -0.2) is 20.5 Å². The number of hydrogen-bond donors (Lipinski definition) is 1. The van der Waals surface area contributed by atoms with E-state index in [0.717, 1.165) is 22.4 Å². The third-order valence-electron chi connectivity index (χ3n) is 5.14. The fourth-order valence-corrected chi connectivity index (χ4v) is 3.60. The molecule has 0 radical (unpaired) electrons. The Labute approximate surface area is 195 Å². The number of anilines is 1. The summed E-state index contributed by atoms with van der Waals surface area (Å²) in [6.45, 7) is 0.502. The molecule has 6 nitrogen and oxygen atoms in total. The Kier molecular flexibility index (Phi) is 5.74. The van der Waals surface area contributed by atoms with Crippen molar-refractivity contribution in [1.29, 1.82) is 0 Å². The zero-order chi connectivity index (χ0) is 22.6. The molecule has 0 bridgehead atoms. The fourth-order valence-electron chi connectivity index (χ4n) is 3.42. The van der Waals surface area contributed by atoms with E-state index in [1.54, 1.807) is 47.2 Å². The Hall–Kier alpha value is -4.16. The number of hydrogen-bond acceptors (Lipinski definition) is 4. The molecule has 0 saturated heterocycles. The van der Waals surface area contributed by atoms with Gasteiger partial charge in [0.25, 0.3) is 5.91 Å². The average molecular weight is 455 g/mol. The Morgan fingerprint density at radius 2 is 1.70 bits per heavy atom. The van der Waals surface area contributed by atoms with Gasteiger partial charge >= 0.3 is 0 Å². The van der Waals surface area contributed by atoms with Gasteiger partial charge < -0.3 is 10.1 Å². The Balaban J connectivity index is 1.36. The van der Waals surface area contributed by atoms with Gasteiger partial charge in [0.15, 0.2) is 5.65 Å². The van der Waals surface area contributed by atoms with Crippen LogP contribution in [0.4, 0.5) is 5.69 Å². The smallest absolute Gasteiger partial charge is 0.274 e. The molecule has 0 saturated carbocycles. The predicted octanol–water partition coefficient (Wildman–Crippen LogP) is 5.88. The van der Waals surface area contributed by atoms with E-state index in [1.807, 2.05) is 54.6 Å². The lowest BCUT2D eigenvalue weighted by molar-refractivity contribution is 0.102. The molecule has 0 fully saturated rings. The third-order valence-corrected chi connectivity index (χ3v) is 5.47. The van der Waals surface area contributed by atoms with Gasteiger partial charge in [0.2, 0.25) is 0 Å². The van der Waals surface area contributed by atoms with E-state index in [0.29, 0.717) is 23.0 Å². The van der Waals surface area contributed by atoms with E-state index >= 15 is 0 Å². The molecule has 5 aromatic rings.